The molecule has 0 bridgehead atoms. The number of aryl methyl sites for hydroxylation is 4. The first kappa shape index (κ1) is 33.0. The Balaban J connectivity index is 1.26. The predicted molar refractivity (Wildman–Crippen MR) is 191 cm³/mol. The van der Waals surface area contributed by atoms with Crippen LogP contribution in [0.15, 0.2) is 72.8 Å². The largest absolute Gasteiger partial charge is 0.508 e. The quantitative estimate of drug-likeness (QED) is 0.170. The van der Waals surface area contributed by atoms with E-state index in [-0.39, 0.29) is 16.2 Å². The summed E-state index contributed by atoms with van der Waals surface area (Å²) < 4.78 is 0. The minimum atomic E-state index is -0.154. The second-order valence-electron chi connectivity index (χ2n) is 15.5. The normalized spacial score (nSPS) is 18.7. The molecule has 2 saturated carbocycles. The lowest BCUT2D eigenvalue weighted by molar-refractivity contribution is 0.0364. The van der Waals surface area contributed by atoms with Gasteiger partial charge in [0.05, 0.1) is 0 Å². The van der Waals surface area contributed by atoms with Crippen LogP contribution in [0.4, 0.5) is 0 Å². The van der Waals surface area contributed by atoms with E-state index in [1.165, 1.54) is 22.3 Å². The van der Waals surface area contributed by atoms with E-state index < -0.39 is 0 Å². The number of rotatable bonds is 6. The Morgan fingerprint density at radius 3 is 0.894 bits per heavy atom. The Morgan fingerprint density at radius 2 is 0.681 bits per heavy atom. The van der Waals surface area contributed by atoms with E-state index in [0.717, 1.165) is 73.6 Å². The average molecular weight is 633 g/mol. The Hall–Kier alpha value is -3.92. The van der Waals surface area contributed by atoms with Crippen molar-refractivity contribution >= 4 is 0 Å². The van der Waals surface area contributed by atoms with Crippen LogP contribution in [0.25, 0.3) is 0 Å². The summed E-state index contributed by atoms with van der Waals surface area (Å²) in [5.74, 6) is 2.52. The fourth-order valence-electron chi connectivity index (χ4n) is 9.34. The second kappa shape index (κ2) is 12.3. The summed E-state index contributed by atoms with van der Waals surface area (Å²) in [7, 11) is 0. The molecule has 0 aromatic heterocycles. The van der Waals surface area contributed by atoms with Gasteiger partial charge in [-0.05, 0) is 165 Å². The van der Waals surface area contributed by atoms with Gasteiger partial charge in [-0.25, -0.2) is 0 Å². The number of benzene rings is 4. The molecule has 0 amide bonds. The standard InChI is InChI=1S/C43H52O4/c1-27-23-33(7-11-37(27)44)42(34-8-12-38(45)28(2)24-34)19-15-31(16-20-42)41(5,6)32-17-21-43(22-18-32,35-9-13-39(46)29(3)25-35)36-10-14-40(47)30(4)26-36/h7-14,23-26,31-32,44-47H,15-22H2,1-6H3. The van der Waals surface area contributed by atoms with Gasteiger partial charge in [0.2, 0.25) is 0 Å². The fraction of sp³-hybridized carbons (Fsp3) is 0.442. The van der Waals surface area contributed by atoms with Gasteiger partial charge in [0, 0.05) is 10.8 Å². The van der Waals surface area contributed by atoms with Crippen LogP contribution in [0.5, 0.6) is 23.0 Å². The number of phenols is 4. The van der Waals surface area contributed by atoms with Gasteiger partial charge >= 0.3 is 0 Å². The summed E-state index contributed by atoms with van der Waals surface area (Å²) >= 11 is 0. The van der Waals surface area contributed by atoms with Crippen LogP contribution in [-0.4, -0.2) is 20.4 Å². The Labute approximate surface area is 281 Å². The van der Waals surface area contributed by atoms with Crippen LogP contribution in [0.2, 0.25) is 0 Å². The highest BCUT2D eigenvalue weighted by Crippen LogP contribution is 2.57. The minimum absolute atomic E-state index is 0.154. The van der Waals surface area contributed by atoms with Crippen molar-refractivity contribution in [2.24, 2.45) is 17.3 Å². The molecular weight excluding hydrogens is 580 g/mol. The molecule has 6 rings (SSSR count). The Bertz CT molecular complexity index is 1530. The molecule has 4 aromatic carbocycles. The van der Waals surface area contributed by atoms with Crippen molar-refractivity contribution in [3.05, 3.63) is 117 Å². The summed E-state index contributed by atoms with van der Waals surface area (Å²) in [4.78, 5) is 0. The zero-order valence-corrected chi connectivity index (χ0v) is 29.0. The van der Waals surface area contributed by atoms with Crippen LogP contribution in [0.3, 0.4) is 0 Å². The first-order chi connectivity index (χ1) is 22.3. The van der Waals surface area contributed by atoms with Gasteiger partial charge in [-0.3, -0.25) is 0 Å². The lowest BCUT2D eigenvalue weighted by atomic mass is 9.53. The number of aromatic hydroxyl groups is 4. The first-order valence-corrected chi connectivity index (χ1v) is 17.5. The number of hydrogen-bond donors (Lipinski definition) is 4. The highest BCUT2D eigenvalue weighted by atomic mass is 16.3. The van der Waals surface area contributed by atoms with Crippen LogP contribution in [0.1, 0.15) is 110 Å². The molecule has 248 valence electrons. The van der Waals surface area contributed by atoms with Crippen molar-refractivity contribution in [2.75, 3.05) is 0 Å². The Morgan fingerprint density at radius 1 is 0.447 bits per heavy atom. The van der Waals surface area contributed by atoms with E-state index in [4.69, 9.17) is 0 Å². The summed E-state index contributed by atoms with van der Waals surface area (Å²) in [6, 6.07) is 24.5. The van der Waals surface area contributed by atoms with Crippen molar-refractivity contribution in [3.63, 3.8) is 0 Å². The van der Waals surface area contributed by atoms with Gasteiger partial charge in [-0.15, -0.1) is 0 Å². The average Bonchev–Trinajstić information content (AvgIpc) is 3.06. The van der Waals surface area contributed by atoms with E-state index in [1.54, 1.807) is 0 Å². The maximum atomic E-state index is 10.3. The van der Waals surface area contributed by atoms with E-state index in [0.29, 0.717) is 34.8 Å². The maximum absolute atomic E-state index is 10.3. The molecular formula is C43H52O4. The lowest BCUT2D eigenvalue weighted by Gasteiger charge is -2.52. The topological polar surface area (TPSA) is 80.9 Å². The summed E-state index contributed by atoms with van der Waals surface area (Å²) in [6.45, 7) is 12.9. The molecule has 47 heavy (non-hydrogen) atoms. The molecule has 4 nitrogen and oxygen atoms in total. The molecule has 0 saturated heterocycles. The summed E-state index contributed by atoms with van der Waals surface area (Å²) in [5.41, 5.74) is 8.49. The monoisotopic (exact) mass is 632 g/mol. The third-order valence-electron chi connectivity index (χ3n) is 12.8. The van der Waals surface area contributed by atoms with Crippen LogP contribution >= 0.6 is 0 Å². The van der Waals surface area contributed by atoms with Crippen molar-refractivity contribution in [2.45, 2.75) is 104 Å². The number of hydrogen-bond acceptors (Lipinski definition) is 4. The second-order valence-corrected chi connectivity index (χ2v) is 15.5. The van der Waals surface area contributed by atoms with E-state index in [2.05, 4.69) is 62.4 Å². The molecule has 0 spiro atoms. The molecule has 4 N–H and O–H groups in total. The molecule has 2 aliphatic rings. The van der Waals surface area contributed by atoms with Crippen LogP contribution in [-0.2, 0) is 10.8 Å². The molecule has 0 heterocycles. The number of phenolic OH excluding ortho intramolecular Hbond substituents is 4. The molecule has 4 heteroatoms. The molecule has 0 unspecified atom stereocenters. The van der Waals surface area contributed by atoms with E-state index in [1.807, 2.05) is 52.0 Å². The summed E-state index contributed by atoms with van der Waals surface area (Å²) in [6.07, 6.45) is 8.65. The predicted octanol–water partition coefficient (Wildman–Crippen LogP) is 10.4. The van der Waals surface area contributed by atoms with Gasteiger partial charge in [0.15, 0.2) is 0 Å². The molecule has 0 aliphatic heterocycles. The van der Waals surface area contributed by atoms with Gasteiger partial charge in [-0.1, -0.05) is 62.4 Å². The SMILES string of the molecule is Cc1cc(C2(c3ccc(O)c(C)c3)CCC(C(C)(C)C3CCC(c4ccc(O)c(C)c4)(c4ccc(O)c(C)c4)CC3)CC2)ccc1O. The van der Waals surface area contributed by atoms with Crippen molar-refractivity contribution in [3.8, 4) is 23.0 Å². The van der Waals surface area contributed by atoms with Gasteiger partial charge in [-0.2, -0.15) is 0 Å². The molecule has 0 atom stereocenters. The molecule has 2 fully saturated rings. The van der Waals surface area contributed by atoms with Crippen LogP contribution < -0.4 is 0 Å². The third-order valence-corrected chi connectivity index (χ3v) is 12.8. The minimum Gasteiger partial charge on any atom is -0.508 e. The molecule has 2 aliphatic carbocycles. The van der Waals surface area contributed by atoms with E-state index in [9.17, 15) is 20.4 Å². The van der Waals surface area contributed by atoms with Gasteiger partial charge < -0.3 is 20.4 Å². The maximum Gasteiger partial charge on any atom is 0.118 e. The van der Waals surface area contributed by atoms with E-state index >= 15 is 0 Å². The fourth-order valence-corrected chi connectivity index (χ4v) is 9.34. The smallest absolute Gasteiger partial charge is 0.118 e. The third kappa shape index (κ3) is 5.79. The highest BCUT2D eigenvalue weighted by Gasteiger charge is 2.48. The van der Waals surface area contributed by atoms with Crippen LogP contribution in [0, 0.1) is 44.9 Å². The summed E-state index contributed by atoms with van der Waals surface area (Å²) in [5, 5.41) is 41.4. The van der Waals surface area contributed by atoms with Crippen molar-refractivity contribution in [1.29, 1.82) is 0 Å². The van der Waals surface area contributed by atoms with Crippen molar-refractivity contribution in [1.82, 2.24) is 0 Å². The zero-order chi connectivity index (χ0) is 33.7. The Kier molecular flexibility index (Phi) is 8.61. The van der Waals surface area contributed by atoms with Gasteiger partial charge in [0.1, 0.15) is 23.0 Å². The van der Waals surface area contributed by atoms with Crippen molar-refractivity contribution < 1.29 is 20.4 Å². The highest BCUT2D eigenvalue weighted by molar-refractivity contribution is 5.49. The lowest BCUT2D eigenvalue weighted by Crippen LogP contribution is -2.43. The molecule has 4 aromatic rings. The first-order valence-electron chi connectivity index (χ1n) is 17.5. The zero-order valence-electron chi connectivity index (χ0n) is 29.0. The molecule has 0 radical (unpaired) electrons. The van der Waals surface area contributed by atoms with Gasteiger partial charge in [0.25, 0.3) is 0 Å².